The second-order valence-corrected chi connectivity index (χ2v) is 3.77. The lowest BCUT2D eigenvalue weighted by Crippen LogP contribution is -2.31. The van der Waals surface area contributed by atoms with Gasteiger partial charge in [-0.1, -0.05) is 0 Å². The lowest BCUT2D eigenvalue weighted by molar-refractivity contribution is -0.0642. The Hall–Kier alpha value is -0.220. The van der Waals surface area contributed by atoms with E-state index in [4.69, 9.17) is 5.11 Å². The average molecular weight is 194 g/mol. The Morgan fingerprint density at radius 3 is 2.31 bits per heavy atom. The van der Waals surface area contributed by atoms with E-state index in [0.717, 1.165) is 0 Å². The number of aliphatic hydroxyl groups excluding tert-OH is 2. The highest BCUT2D eigenvalue weighted by Crippen LogP contribution is 2.37. The quantitative estimate of drug-likeness (QED) is 0.715. The Labute approximate surface area is 76.6 Å². The lowest BCUT2D eigenvalue weighted by Gasteiger charge is -2.30. The predicted molar refractivity (Wildman–Crippen MR) is 44.6 cm³/mol. The third-order valence-electron chi connectivity index (χ3n) is 2.73. The molecule has 13 heavy (non-hydrogen) atoms. The van der Waals surface area contributed by atoms with Gasteiger partial charge in [-0.05, 0) is 25.2 Å². The molecule has 1 atom stereocenters. The van der Waals surface area contributed by atoms with Gasteiger partial charge in [-0.3, -0.25) is 0 Å². The average Bonchev–Trinajstić information content (AvgIpc) is 2.04. The molecule has 2 nitrogen and oxygen atoms in total. The molecular formula is C9H16F2O2. The summed E-state index contributed by atoms with van der Waals surface area (Å²) in [7, 11) is 0. The summed E-state index contributed by atoms with van der Waals surface area (Å²) in [5, 5.41) is 18.0. The molecule has 0 bridgehead atoms. The van der Waals surface area contributed by atoms with Crippen molar-refractivity contribution in [1.29, 1.82) is 0 Å². The van der Waals surface area contributed by atoms with Crippen molar-refractivity contribution in [3.05, 3.63) is 0 Å². The van der Waals surface area contributed by atoms with Gasteiger partial charge in [-0.25, -0.2) is 8.78 Å². The van der Waals surface area contributed by atoms with E-state index in [-0.39, 0.29) is 25.4 Å². The van der Waals surface area contributed by atoms with Crippen LogP contribution in [0.5, 0.6) is 0 Å². The summed E-state index contributed by atoms with van der Waals surface area (Å²) < 4.78 is 25.4. The van der Waals surface area contributed by atoms with Crippen molar-refractivity contribution >= 4 is 0 Å². The van der Waals surface area contributed by atoms with Crippen molar-refractivity contribution in [3.63, 3.8) is 0 Å². The molecule has 0 aliphatic heterocycles. The third-order valence-corrected chi connectivity index (χ3v) is 2.73. The molecule has 1 rings (SSSR count). The SMILES string of the molecule is OCCC(O)C1CCC(F)(F)CC1. The standard InChI is InChI=1S/C9H16F2O2/c10-9(11)4-1-7(2-5-9)8(13)3-6-12/h7-8,12-13H,1-6H2. The molecule has 0 aromatic heterocycles. The van der Waals surface area contributed by atoms with Gasteiger partial charge >= 0.3 is 0 Å². The van der Waals surface area contributed by atoms with Crippen LogP contribution >= 0.6 is 0 Å². The van der Waals surface area contributed by atoms with Crippen LogP contribution in [0, 0.1) is 5.92 Å². The fraction of sp³-hybridized carbons (Fsp3) is 1.00. The molecule has 0 aromatic carbocycles. The first kappa shape index (κ1) is 10.9. The van der Waals surface area contributed by atoms with E-state index in [1.165, 1.54) is 0 Å². The van der Waals surface area contributed by atoms with Crippen LogP contribution in [0.15, 0.2) is 0 Å². The molecule has 0 amide bonds. The number of hydrogen-bond donors (Lipinski definition) is 2. The lowest BCUT2D eigenvalue weighted by atomic mass is 9.82. The van der Waals surface area contributed by atoms with Crippen LogP contribution in [0.1, 0.15) is 32.1 Å². The van der Waals surface area contributed by atoms with Crippen molar-refractivity contribution in [2.45, 2.75) is 44.1 Å². The first-order chi connectivity index (χ1) is 6.05. The van der Waals surface area contributed by atoms with Gasteiger partial charge in [0.1, 0.15) is 0 Å². The maximum atomic E-state index is 12.7. The largest absolute Gasteiger partial charge is 0.396 e. The van der Waals surface area contributed by atoms with E-state index >= 15 is 0 Å². The van der Waals surface area contributed by atoms with Crippen LogP contribution < -0.4 is 0 Å². The van der Waals surface area contributed by atoms with Crippen molar-refractivity contribution in [2.24, 2.45) is 5.92 Å². The van der Waals surface area contributed by atoms with Crippen LogP contribution in [0.2, 0.25) is 0 Å². The van der Waals surface area contributed by atoms with E-state index in [1.807, 2.05) is 0 Å². The van der Waals surface area contributed by atoms with Crippen LogP contribution in [0.25, 0.3) is 0 Å². The van der Waals surface area contributed by atoms with Gasteiger partial charge < -0.3 is 10.2 Å². The summed E-state index contributed by atoms with van der Waals surface area (Å²) in [4.78, 5) is 0. The van der Waals surface area contributed by atoms with Crippen molar-refractivity contribution < 1.29 is 19.0 Å². The second-order valence-electron chi connectivity index (χ2n) is 3.77. The van der Waals surface area contributed by atoms with Crippen molar-refractivity contribution in [1.82, 2.24) is 0 Å². The third kappa shape index (κ3) is 3.19. The summed E-state index contributed by atoms with van der Waals surface area (Å²) >= 11 is 0. The summed E-state index contributed by atoms with van der Waals surface area (Å²) in [5.41, 5.74) is 0. The van der Waals surface area contributed by atoms with Gasteiger partial charge in [0.2, 0.25) is 5.92 Å². The molecule has 78 valence electrons. The zero-order valence-corrected chi connectivity index (χ0v) is 7.55. The number of hydrogen-bond acceptors (Lipinski definition) is 2. The van der Waals surface area contributed by atoms with Gasteiger partial charge in [0.05, 0.1) is 6.10 Å². The molecule has 0 saturated heterocycles. The van der Waals surface area contributed by atoms with Gasteiger partial charge in [0, 0.05) is 19.4 Å². The van der Waals surface area contributed by atoms with Crippen molar-refractivity contribution in [2.75, 3.05) is 6.61 Å². The maximum Gasteiger partial charge on any atom is 0.248 e. The zero-order valence-electron chi connectivity index (χ0n) is 7.55. The molecule has 1 fully saturated rings. The molecule has 1 aliphatic rings. The Bertz CT molecular complexity index is 152. The Morgan fingerprint density at radius 2 is 1.85 bits per heavy atom. The van der Waals surface area contributed by atoms with Gasteiger partial charge in [-0.15, -0.1) is 0 Å². The van der Waals surface area contributed by atoms with Crippen molar-refractivity contribution in [3.8, 4) is 0 Å². The zero-order chi connectivity index (χ0) is 9.90. The molecule has 1 unspecified atom stereocenters. The number of halogens is 2. The molecule has 0 heterocycles. The van der Waals surface area contributed by atoms with E-state index in [9.17, 15) is 13.9 Å². The number of aliphatic hydroxyl groups is 2. The first-order valence-corrected chi connectivity index (χ1v) is 4.72. The predicted octanol–water partition coefficient (Wildman–Crippen LogP) is 1.56. The minimum atomic E-state index is -2.53. The normalized spacial score (nSPS) is 25.8. The van der Waals surface area contributed by atoms with Gasteiger partial charge in [0.15, 0.2) is 0 Å². The number of rotatable bonds is 3. The molecule has 0 radical (unpaired) electrons. The van der Waals surface area contributed by atoms with Gasteiger partial charge in [-0.2, -0.15) is 0 Å². The Balaban J connectivity index is 2.32. The monoisotopic (exact) mass is 194 g/mol. The minimum Gasteiger partial charge on any atom is -0.396 e. The second kappa shape index (κ2) is 4.33. The fourth-order valence-corrected chi connectivity index (χ4v) is 1.82. The van der Waals surface area contributed by atoms with E-state index in [2.05, 4.69) is 0 Å². The molecule has 4 heteroatoms. The Morgan fingerprint density at radius 1 is 1.31 bits per heavy atom. The van der Waals surface area contributed by atoms with E-state index in [0.29, 0.717) is 19.3 Å². The summed E-state index contributed by atoms with van der Waals surface area (Å²) in [5.74, 6) is -2.58. The highest BCUT2D eigenvalue weighted by Gasteiger charge is 2.36. The fourth-order valence-electron chi connectivity index (χ4n) is 1.82. The minimum absolute atomic E-state index is 0.0493. The maximum absolute atomic E-state index is 12.7. The number of alkyl halides is 2. The van der Waals surface area contributed by atoms with Gasteiger partial charge in [0.25, 0.3) is 0 Å². The molecule has 0 aromatic rings. The van der Waals surface area contributed by atoms with E-state index in [1.54, 1.807) is 0 Å². The molecule has 0 spiro atoms. The van der Waals surface area contributed by atoms with Crippen LogP contribution in [0.4, 0.5) is 8.78 Å². The van der Waals surface area contributed by atoms with E-state index < -0.39 is 12.0 Å². The van der Waals surface area contributed by atoms with Crippen LogP contribution in [0.3, 0.4) is 0 Å². The summed E-state index contributed by atoms with van der Waals surface area (Å²) in [6.07, 6.45) is 0.180. The van der Waals surface area contributed by atoms with Crippen LogP contribution in [-0.2, 0) is 0 Å². The smallest absolute Gasteiger partial charge is 0.248 e. The molecule has 1 saturated carbocycles. The Kier molecular flexibility index (Phi) is 3.62. The topological polar surface area (TPSA) is 40.5 Å². The van der Waals surface area contributed by atoms with Crippen LogP contribution in [-0.4, -0.2) is 28.8 Å². The first-order valence-electron chi connectivity index (χ1n) is 4.72. The molecule has 1 aliphatic carbocycles. The highest BCUT2D eigenvalue weighted by atomic mass is 19.3. The molecule has 2 N–H and O–H groups in total. The molecular weight excluding hydrogens is 178 g/mol. The summed E-state index contributed by atoms with van der Waals surface area (Å²) in [6, 6.07) is 0. The summed E-state index contributed by atoms with van der Waals surface area (Å²) in [6.45, 7) is -0.0753. The highest BCUT2D eigenvalue weighted by molar-refractivity contribution is 4.81.